The van der Waals surface area contributed by atoms with E-state index in [9.17, 15) is 0 Å². The number of rotatable bonds is 14. The van der Waals surface area contributed by atoms with Gasteiger partial charge in [0.1, 0.15) is 0 Å². The van der Waals surface area contributed by atoms with Crippen molar-refractivity contribution in [2.24, 2.45) is 35.5 Å². The van der Waals surface area contributed by atoms with Crippen molar-refractivity contribution in [2.75, 3.05) is 26.3 Å². The number of nitrogens with one attached hydrogen (secondary N) is 2. The van der Waals surface area contributed by atoms with Gasteiger partial charge in [-0.05, 0) is 80.0 Å². The minimum Gasteiger partial charge on any atom is -0.376 e. The highest BCUT2D eigenvalue weighted by Crippen LogP contribution is 2.47. The molecule has 2 aromatic rings. The highest BCUT2D eigenvalue weighted by atomic mass is 16.5. The van der Waals surface area contributed by atoms with Crippen molar-refractivity contribution < 1.29 is 9.47 Å². The maximum atomic E-state index is 6.33. The van der Waals surface area contributed by atoms with Crippen molar-refractivity contribution in [3.8, 4) is 0 Å². The minimum absolute atomic E-state index is 0.618. The molecule has 0 amide bonds. The quantitative estimate of drug-likeness (QED) is 0.238. The molecule has 4 saturated carbocycles. The summed E-state index contributed by atoms with van der Waals surface area (Å²) in [6.45, 7) is 5.51. The molecule has 4 fully saturated rings. The largest absolute Gasteiger partial charge is 0.376 e. The molecule has 6 rings (SSSR count). The fourth-order valence-corrected chi connectivity index (χ4v) is 9.17. The Labute approximate surface area is 249 Å². The van der Waals surface area contributed by atoms with Gasteiger partial charge in [0.25, 0.3) is 0 Å². The van der Waals surface area contributed by atoms with E-state index in [1.54, 1.807) is 0 Å². The number of hydrogen-bond donors (Lipinski definition) is 2. The first kappa shape index (κ1) is 29.4. The van der Waals surface area contributed by atoms with Crippen LogP contribution in [-0.2, 0) is 22.7 Å². The number of fused-ring (bicyclic) bond motifs is 2. The summed E-state index contributed by atoms with van der Waals surface area (Å²) < 4.78 is 12.7. The molecule has 4 aliphatic carbocycles. The van der Waals surface area contributed by atoms with E-state index in [4.69, 9.17) is 9.47 Å². The topological polar surface area (TPSA) is 42.5 Å². The standard InChI is InChI=1S/C37H54N2O2/c1-3-12-28(13-4-1)24-40-26-34-32-18-9-7-16-30(32)22-36(34)38-20-11-21-39-37-23-31-17-8-10-19-33(31)35(37)27-41-25-29-14-5-2-6-15-29/h1-6,12-15,30-39H,7-11,16-27H2/t30-,31-,32+,33+,34-,35-,36+,37+/m1/s1. The lowest BCUT2D eigenvalue weighted by molar-refractivity contribution is 0.0535. The van der Waals surface area contributed by atoms with E-state index < -0.39 is 0 Å². The van der Waals surface area contributed by atoms with Gasteiger partial charge in [0.2, 0.25) is 0 Å². The molecule has 41 heavy (non-hydrogen) atoms. The van der Waals surface area contributed by atoms with E-state index in [0.29, 0.717) is 23.9 Å². The van der Waals surface area contributed by atoms with Crippen molar-refractivity contribution in [1.29, 1.82) is 0 Å². The molecule has 0 radical (unpaired) electrons. The van der Waals surface area contributed by atoms with Crippen molar-refractivity contribution >= 4 is 0 Å². The third-order valence-electron chi connectivity index (χ3n) is 11.2. The van der Waals surface area contributed by atoms with E-state index in [-0.39, 0.29) is 0 Å². The zero-order chi connectivity index (χ0) is 27.7. The summed E-state index contributed by atoms with van der Waals surface area (Å²) in [7, 11) is 0. The van der Waals surface area contributed by atoms with Crippen molar-refractivity contribution in [2.45, 2.75) is 95.9 Å². The molecular formula is C37H54N2O2. The van der Waals surface area contributed by atoms with Gasteiger partial charge in [0.05, 0.1) is 26.4 Å². The fourth-order valence-electron chi connectivity index (χ4n) is 9.17. The van der Waals surface area contributed by atoms with Crippen LogP contribution in [0.3, 0.4) is 0 Å². The van der Waals surface area contributed by atoms with Crippen LogP contribution in [0.5, 0.6) is 0 Å². The van der Waals surface area contributed by atoms with Crippen molar-refractivity contribution in [3.63, 3.8) is 0 Å². The normalized spacial score (nSPS) is 33.0. The summed E-state index contributed by atoms with van der Waals surface area (Å²) in [5.74, 6) is 4.86. The van der Waals surface area contributed by atoms with Gasteiger partial charge in [-0.25, -0.2) is 0 Å². The van der Waals surface area contributed by atoms with Crippen LogP contribution in [0.25, 0.3) is 0 Å². The maximum Gasteiger partial charge on any atom is 0.0717 e. The number of benzene rings is 2. The predicted octanol–water partition coefficient (Wildman–Crippen LogP) is 7.38. The Kier molecular flexibility index (Phi) is 10.8. The van der Waals surface area contributed by atoms with Gasteiger partial charge >= 0.3 is 0 Å². The van der Waals surface area contributed by atoms with Crippen LogP contribution in [0.4, 0.5) is 0 Å². The van der Waals surface area contributed by atoms with Crippen LogP contribution in [0.15, 0.2) is 60.7 Å². The summed E-state index contributed by atoms with van der Waals surface area (Å²) in [4.78, 5) is 0. The maximum absolute atomic E-state index is 6.33. The molecule has 2 N–H and O–H groups in total. The molecule has 0 aromatic heterocycles. The third-order valence-corrected chi connectivity index (χ3v) is 11.2. The summed E-state index contributed by atoms with van der Waals surface area (Å²) in [6, 6.07) is 22.6. The molecule has 224 valence electrons. The Morgan fingerprint density at radius 2 is 1.00 bits per heavy atom. The first-order chi connectivity index (χ1) is 20.3. The van der Waals surface area contributed by atoms with Gasteiger partial charge in [-0.15, -0.1) is 0 Å². The first-order valence-corrected chi connectivity index (χ1v) is 17.1. The summed E-state index contributed by atoms with van der Waals surface area (Å²) in [5, 5.41) is 8.06. The molecule has 4 heteroatoms. The van der Waals surface area contributed by atoms with Gasteiger partial charge < -0.3 is 20.1 Å². The molecule has 0 heterocycles. The average Bonchev–Trinajstić information content (AvgIpc) is 3.55. The monoisotopic (exact) mass is 558 g/mol. The summed E-state index contributed by atoms with van der Waals surface area (Å²) in [6.07, 6.45) is 15.2. The molecule has 0 saturated heterocycles. The Bertz CT molecular complexity index is 935. The lowest BCUT2D eigenvalue weighted by Gasteiger charge is -2.30. The molecule has 4 nitrogen and oxygen atoms in total. The average molecular weight is 559 g/mol. The van der Waals surface area contributed by atoms with Gasteiger partial charge in [0.15, 0.2) is 0 Å². The molecule has 8 atom stereocenters. The molecule has 0 bridgehead atoms. The Morgan fingerprint density at radius 3 is 1.46 bits per heavy atom. The minimum atomic E-state index is 0.618. The summed E-state index contributed by atoms with van der Waals surface area (Å²) >= 11 is 0. The molecular weight excluding hydrogens is 504 g/mol. The smallest absolute Gasteiger partial charge is 0.0717 e. The van der Waals surface area contributed by atoms with Gasteiger partial charge in [-0.2, -0.15) is 0 Å². The Hall–Kier alpha value is -1.72. The molecule has 0 aliphatic heterocycles. The third kappa shape index (κ3) is 7.82. The highest BCUT2D eigenvalue weighted by molar-refractivity contribution is 5.14. The van der Waals surface area contributed by atoms with E-state index in [1.807, 2.05) is 0 Å². The Morgan fingerprint density at radius 1 is 0.561 bits per heavy atom. The molecule has 2 aromatic carbocycles. The lowest BCUT2D eigenvalue weighted by Crippen LogP contribution is -2.40. The molecule has 4 aliphatic rings. The number of hydrogen-bond acceptors (Lipinski definition) is 4. The predicted molar refractivity (Wildman–Crippen MR) is 168 cm³/mol. The second kappa shape index (κ2) is 15.1. The second-order valence-corrected chi connectivity index (χ2v) is 13.7. The van der Waals surface area contributed by atoms with Crippen molar-refractivity contribution in [1.82, 2.24) is 10.6 Å². The highest BCUT2D eigenvalue weighted by Gasteiger charge is 2.44. The second-order valence-electron chi connectivity index (χ2n) is 13.7. The number of ether oxygens (including phenoxy) is 2. The zero-order valence-electron chi connectivity index (χ0n) is 25.2. The van der Waals surface area contributed by atoms with E-state index in [2.05, 4.69) is 71.3 Å². The lowest BCUT2D eigenvalue weighted by atomic mass is 9.78. The van der Waals surface area contributed by atoms with Crippen LogP contribution in [0.2, 0.25) is 0 Å². The fraction of sp³-hybridized carbons (Fsp3) is 0.676. The van der Waals surface area contributed by atoms with Gasteiger partial charge in [0, 0.05) is 23.9 Å². The van der Waals surface area contributed by atoms with Crippen LogP contribution < -0.4 is 10.6 Å². The molecule has 0 spiro atoms. The Balaban J connectivity index is 0.955. The van der Waals surface area contributed by atoms with Crippen LogP contribution >= 0.6 is 0 Å². The van der Waals surface area contributed by atoms with E-state index in [1.165, 1.54) is 81.8 Å². The van der Waals surface area contributed by atoms with Crippen LogP contribution in [-0.4, -0.2) is 38.4 Å². The van der Waals surface area contributed by atoms with Crippen LogP contribution in [0, 0.1) is 35.5 Å². The zero-order valence-corrected chi connectivity index (χ0v) is 25.2. The summed E-state index contributed by atoms with van der Waals surface area (Å²) in [5.41, 5.74) is 2.58. The first-order valence-electron chi connectivity index (χ1n) is 17.1. The van der Waals surface area contributed by atoms with Crippen molar-refractivity contribution in [3.05, 3.63) is 71.8 Å². The SMILES string of the molecule is c1ccc(COC[C@@H]2[C@H]3CCCC[C@@H]3C[C@@H]2NCCCN[C@H]2C[C@H]3CCCC[C@@H]3[C@H]2COCc2ccccc2)cc1. The molecule has 0 unspecified atom stereocenters. The van der Waals surface area contributed by atoms with E-state index in [0.717, 1.165) is 63.2 Å². The van der Waals surface area contributed by atoms with Crippen LogP contribution in [0.1, 0.15) is 81.8 Å². The van der Waals surface area contributed by atoms with Gasteiger partial charge in [-0.1, -0.05) is 99.2 Å². The van der Waals surface area contributed by atoms with E-state index >= 15 is 0 Å². The van der Waals surface area contributed by atoms with Gasteiger partial charge in [-0.3, -0.25) is 0 Å².